The van der Waals surface area contributed by atoms with Crippen molar-refractivity contribution in [2.45, 2.75) is 25.4 Å². The molecule has 0 saturated heterocycles. The largest absolute Gasteiger partial charge is 0.341 e. The van der Waals surface area contributed by atoms with Gasteiger partial charge in [-0.15, -0.1) is 0 Å². The van der Waals surface area contributed by atoms with Gasteiger partial charge in [-0.1, -0.05) is 54.6 Å². The number of aryl methyl sites for hydroxylation is 1. The lowest BCUT2D eigenvalue weighted by Crippen LogP contribution is -2.37. The summed E-state index contributed by atoms with van der Waals surface area (Å²) in [5.74, 6) is -0.527. The summed E-state index contributed by atoms with van der Waals surface area (Å²) in [7, 11) is 0. The molecule has 0 saturated carbocycles. The molecule has 1 atom stereocenters. The molecule has 2 amide bonds. The molecule has 1 unspecified atom stereocenters. The number of amides is 2. The molecule has 0 aliphatic rings. The third-order valence-electron chi connectivity index (χ3n) is 4.33. The summed E-state index contributed by atoms with van der Waals surface area (Å²) in [5, 5.41) is 12.0. The van der Waals surface area contributed by atoms with E-state index in [2.05, 4.69) is 20.8 Å². The minimum Gasteiger partial charge on any atom is -0.341 e. The highest BCUT2D eigenvalue weighted by Crippen LogP contribution is 2.16. The van der Waals surface area contributed by atoms with Gasteiger partial charge in [-0.05, 0) is 23.1 Å². The first-order chi connectivity index (χ1) is 13.7. The van der Waals surface area contributed by atoms with Crippen LogP contribution in [0.5, 0.6) is 0 Å². The predicted molar refractivity (Wildman–Crippen MR) is 107 cm³/mol. The second kappa shape index (κ2) is 9.48. The molecule has 144 valence electrons. The molecule has 5 N–H and O–H groups in total. The third-order valence-corrected chi connectivity index (χ3v) is 4.33. The number of carbonyl (C=O) groups excluding carboxylic acids is 2. The molecule has 3 aromatic rings. The molecule has 2 aromatic carbocycles. The van der Waals surface area contributed by atoms with Crippen LogP contribution in [0.2, 0.25) is 0 Å². The fourth-order valence-corrected chi connectivity index (χ4v) is 2.88. The molecule has 7 nitrogen and oxygen atoms in total. The van der Waals surface area contributed by atoms with Gasteiger partial charge in [0.25, 0.3) is 5.91 Å². The number of H-pyrrole nitrogens is 1. The van der Waals surface area contributed by atoms with E-state index in [1.54, 1.807) is 6.20 Å². The third kappa shape index (κ3) is 5.28. The summed E-state index contributed by atoms with van der Waals surface area (Å²) in [6.45, 7) is 0.463. The van der Waals surface area contributed by atoms with Crippen LogP contribution < -0.4 is 16.4 Å². The summed E-state index contributed by atoms with van der Waals surface area (Å²) in [6, 6.07) is 16.2. The topological polar surface area (TPSA) is 113 Å². The highest BCUT2D eigenvalue weighted by atomic mass is 16.2. The summed E-state index contributed by atoms with van der Waals surface area (Å²) >= 11 is 0. The van der Waals surface area contributed by atoms with Crippen molar-refractivity contribution in [3.05, 3.63) is 83.7 Å². The Bertz CT molecular complexity index is 910. The van der Waals surface area contributed by atoms with E-state index in [0.717, 1.165) is 11.1 Å². The lowest BCUT2D eigenvalue weighted by Gasteiger charge is -2.18. The number of benzene rings is 2. The number of carbonyl (C=O) groups is 2. The van der Waals surface area contributed by atoms with Crippen LogP contribution in [0, 0.1) is 0 Å². The van der Waals surface area contributed by atoms with Crippen LogP contribution in [-0.4, -0.2) is 22.0 Å². The molecule has 1 heterocycles. The van der Waals surface area contributed by atoms with Crippen molar-refractivity contribution in [3.8, 4) is 0 Å². The van der Waals surface area contributed by atoms with E-state index in [1.807, 2.05) is 54.6 Å². The van der Waals surface area contributed by atoms with Gasteiger partial charge in [0.05, 0.1) is 11.9 Å². The average Bonchev–Trinajstić information content (AvgIpc) is 3.24. The zero-order valence-corrected chi connectivity index (χ0v) is 15.4. The van der Waals surface area contributed by atoms with E-state index in [0.29, 0.717) is 24.2 Å². The molecule has 0 bridgehead atoms. The lowest BCUT2D eigenvalue weighted by atomic mass is 10.0. The van der Waals surface area contributed by atoms with Gasteiger partial charge in [-0.25, -0.2) is 0 Å². The van der Waals surface area contributed by atoms with Gasteiger partial charge in [0.1, 0.15) is 6.04 Å². The van der Waals surface area contributed by atoms with Crippen molar-refractivity contribution in [2.75, 3.05) is 5.32 Å². The van der Waals surface area contributed by atoms with Crippen molar-refractivity contribution >= 4 is 17.5 Å². The Labute approximate surface area is 163 Å². The number of nitrogens with one attached hydrogen (secondary N) is 3. The quantitative estimate of drug-likeness (QED) is 0.482. The Morgan fingerprint density at radius 2 is 1.86 bits per heavy atom. The van der Waals surface area contributed by atoms with Gasteiger partial charge in [0.2, 0.25) is 5.91 Å². The van der Waals surface area contributed by atoms with Gasteiger partial charge in [0.15, 0.2) is 0 Å². The number of nitrogens with zero attached hydrogens (tertiary/aromatic N) is 1. The van der Waals surface area contributed by atoms with Crippen LogP contribution in [0.15, 0.2) is 67.0 Å². The molecule has 0 aliphatic carbocycles. The smallest absolute Gasteiger partial charge is 0.251 e. The predicted octanol–water partition coefficient (Wildman–Crippen LogP) is 2.30. The van der Waals surface area contributed by atoms with E-state index >= 15 is 0 Å². The number of hydrogen-bond acceptors (Lipinski definition) is 4. The Kier molecular flexibility index (Phi) is 6.54. The van der Waals surface area contributed by atoms with Crippen molar-refractivity contribution in [1.29, 1.82) is 0 Å². The number of aromatic nitrogens is 2. The summed E-state index contributed by atoms with van der Waals surface area (Å²) in [4.78, 5) is 25.3. The van der Waals surface area contributed by atoms with Crippen LogP contribution in [-0.2, 0) is 22.6 Å². The van der Waals surface area contributed by atoms with Crippen molar-refractivity contribution in [2.24, 2.45) is 5.73 Å². The van der Waals surface area contributed by atoms with Gasteiger partial charge in [0, 0.05) is 19.2 Å². The number of nitrogens with two attached hydrogens (primary N) is 1. The second-order valence-corrected chi connectivity index (χ2v) is 6.41. The molecule has 0 radical (unpaired) electrons. The van der Waals surface area contributed by atoms with Crippen molar-refractivity contribution in [1.82, 2.24) is 15.5 Å². The van der Waals surface area contributed by atoms with E-state index in [4.69, 9.17) is 5.73 Å². The molecule has 3 rings (SSSR count). The van der Waals surface area contributed by atoms with Crippen molar-refractivity contribution in [3.63, 3.8) is 0 Å². The van der Waals surface area contributed by atoms with Crippen LogP contribution in [0.3, 0.4) is 0 Å². The van der Waals surface area contributed by atoms with Crippen LogP contribution >= 0.6 is 0 Å². The Hall–Kier alpha value is -3.45. The number of aromatic amines is 1. The highest BCUT2D eigenvalue weighted by molar-refractivity contribution is 5.97. The van der Waals surface area contributed by atoms with E-state index in [-0.39, 0.29) is 18.2 Å². The van der Waals surface area contributed by atoms with E-state index in [1.165, 1.54) is 6.20 Å². The maximum Gasteiger partial charge on any atom is 0.251 e. The Morgan fingerprint density at radius 1 is 1.07 bits per heavy atom. The average molecular weight is 377 g/mol. The normalized spacial score (nSPS) is 11.6. The fourth-order valence-electron chi connectivity index (χ4n) is 2.88. The van der Waals surface area contributed by atoms with Crippen LogP contribution in [0.1, 0.15) is 29.2 Å². The molecular formula is C21H23N5O2. The summed E-state index contributed by atoms with van der Waals surface area (Å²) < 4.78 is 0. The van der Waals surface area contributed by atoms with Crippen LogP contribution in [0.25, 0.3) is 0 Å². The van der Waals surface area contributed by atoms with E-state index in [9.17, 15) is 9.59 Å². The summed E-state index contributed by atoms with van der Waals surface area (Å²) in [6.07, 6.45) is 3.93. The maximum atomic E-state index is 12.7. The number of hydrogen-bond donors (Lipinski definition) is 4. The Morgan fingerprint density at radius 3 is 2.57 bits per heavy atom. The first kappa shape index (κ1) is 19.3. The molecule has 7 heteroatoms. The lowest BCUT2D eigenvalue weighted by molar-refractivity contribution is -0.126. The van der Waals surface area contributed by atoms with Gasteiger partial charge < -0.3 is 16.4 Å². The molecule has 0 fully saturated rings. The molecular weight excluding hydrogens is 354 g/mol. The van der Waals surface area contributed by atoms with E-state index < -0.39 is 6.04 Å². The summed E-state index contributed by atoms with van der Waals surface area (Å²) in [5.41, 5.74) is 8.98. The number of rotatable bonds is 8. The second-order valence-electron chi connectivity index (χ2n) is 6.41. The number of anilines is 1. The van der Waals surface area contributed by atoms with Gasteiger partial charge in [-0.3, -0.25) is 14.7 Å². The van der Waals surface area contributed by atoms with Gasteiger partial charge >= 0.3 is 0 Å². The minimum absolute atomic E-state index is 0.200. The molecule has 1 aromatic heterocycles. The van der Waals surface area contributed by atoms with Crippen molar-refractivity contribution < 1.29 is 9.59 Å². The highest BCUT2D eigenvalue weighted by Gasteiger charge is 2.23. The zero-order chi connectivity index (χ0) is 19.8. The molecule has 28 heavy (non-hydrogen) atoms. The van der Waals surface area contributed by atoms with Gasteiger partial charge in [-0.2, -0.15) is 5.10 Å². The monoisotopic (exact) mass is 377 g/mol. The standard InChI is InChI=1S/C21H23N5O2/c22-12-16-6-4-5-15(11-16)9-10-19(27)26-20(17-7-2-1-3-8-17)21(28)25-18-13-23-24-14-18/h1-8,11,13-14,20H,9-10,12,22H2,(H,23,24)(H,25,28)(H,26,27). The first-order valence-corrected chi connectivity index (χ1v) is 9.07. The van der Waals surface area contributed by atoms with Crippen LogP contribution in [0.4, 0.5) is 5.69 Å². The SMILES string of the molecule is NCc1cccc(CCC(=O)NC(C(=O)Nc2cn[nH]c2)c2ccccc2)c1. The maximum absolute atomic E-state index is 12.7. The Balaban J connectivity index is 1.66. The molecule has 0 aliphatic heterocycles. The fraction of sp³-hybridized carbons (Fsp3) is 0.190. The minimum atomic E-state index is -0.793. The first-order valence-electron chi connectivity index (χ1n) is 9.07. The zero-order valence-electron chi connectivity index (χ0n) is 15.4. The molecule has 0 spiro atoms.